The van der Waals surface area contributed by atoms with E-state index in [1.807, 2.05) is 0 Å². The molecule has 0 bridgehead atoms. The van der Waals surface area contributed by atoms with Crippen LogP contribution in [0, 0.1) is 5.92 Å². The smallest absolute Gasteiger partial charge is 0.249 e. The van der Waals surface area contributed by atoms with Crippen molar-refractivity contribution in [3.8, 4) is 0 Å². The second-order valence-corrected chi connectivity index (χ2v) is 5.63. The van der Waals surface area contributed by atoms with E-state index in [1.165, 1.54) is 19.3 Å². The number of nitrogens with one attached hydrogen (secondary N) is 1. The van der Waals surface area contributed by atoms with Crippen molar-refractivity contribution in [3.05, 3.63) is 0 Å². The first-order chi connectivity index (χ1) is 8.74. The van der Waals surface area contributed by atoms with Crippen LogP contribution in [0.1, 0.15) is 51.9 Å². The molecule has 1 saturated heterocycles. The highest BCUT2D eigenvalue weighted by Gasteiger charge is 2.32. The van der Waals surface area contributed by atoms with Crippen molar-refractivity contribution >= 4 is 5.91 Å². The molecule has 2 fully saturated rings. The van der Waals surface area contributed by atoms with Crippen LogP contribution >= 0.6 is 0 Å². The van der Waals surface area contributed by atoms with Gasteiger partial charge in [0.2, 0.25) is 5.91 Å². The van der Waals surface area contributed by atoms with Crippen molar-refractivity contribution in [2.75, 3.05) is 6.54 Å². The van der Waals surface area contributed by atoms with Crippen molar-refractivity contribution in [3.63, 3.8) is 0 Å². The van der Waals surface area contributed by atoms with Gasteiger partial charge < -0.3 is 15.8 Å². The Morgan fingerprint density at radius 2 is 2.06 bits per heavy atom. The molecule has 0 aromatic heterocycles. The molecule has 18 heavy (non-hydrogen) atoms. The van der Waals surface area contributed by atoms with Gasteiger partial charge in [-0.15, -0.1) is 0 Å². The van der Waals surface area contributed by atoms with Gasteiger partial charge in [0.1, 0.15) is 6.10 Å². The van der Waals surface area contributed by atoms with E-state index in [9.17, 15) is 4.79 Å². The molecule has 1 amide bonds. The van der Waals surface area contributed by atoms with E-state index in [-0.39, 0.29) is 18.1 Å². The Morgan fingerprint density at radius 3 is 2.72 bits per heavy atom. The van der Waals surface area contributed by atoms with Crippen LogP contribution in [0.5, 0.6) is 0 Å². The van der Waals surface area contributed by atoms with Crippen molar-refractivity contribution in [2.45, 2.75) is 70.1 Å². The van der Waals surface area contributed by atoms with E-state index in [1.54, 1.807) is 0 Å². The maximum absolute atomic E-state index is 12.2. The van der Waals surface area contributed by atoms with E-state index in [2.05, 4.69) is 12.2 Å². The van der Waals surface area contributed by atoms with E-state index in [0.29, 0.717) is 18.5 Å². The maximum atomic E-state index is 12.2. The summed E-state index contributed by atoms with van der Waals surface area (Å²) < 4.78 is 5.65. The normalized spacial score (nSPS) is 36.6. The van der Waals surface area contributed by atoms with Gasteiger partial charge in [0, 0.05) is 12.6 Å². The summed E-state index contributed by atoms with van der Waals surface area (Å²) in [5.41, 5.74) is 5.57. The number of ether oxygens (including phenoxy) is 1. The molecule has 1 aliphatic carbocycles. The SMILES string of the molecule is CCC1CCCCC1NC(=O)C1CCC(CN)O1. The highest BCUT2D eigenvalue weighted by atomic mass is 16.5. The fourth-order valence-corrected chi connectivity index (χ4v) is 3.23. The Balaban J connectivity index is 1.83. The van der Waals surface area contributed by atoms with Crippen LogP contribution in [-0.4, -0.2) is 30.7 Å². The Labute approximate surface area is 110 Å². The molecule has 104 valence electrons. The zero-order valence-electron chi connectivity index (χ0n) is 11.4. The molecule has 0 aromatic rings. The third kappa shape index (κ3) is 3.23. The Kier molecular flexibility index (Phi) is 5.01. The Hall–Kier alpha value is -0.610. The first-order valence-electron chi connectivity index (χ1n) is 7.40. The molecule has 4 nitrogen and oxygen atoms in total. The summed E-state index contributed by atoms with van der Waals surface area (Å²) in [6.45, 7) is 2.73. The number of hydrogen-bond acceptors (Lipinski definition) is 3. The third-order valence-corrected chi connectivity index (χ3v) is 4.42. The number of amides is 1. The minimum Gasteiger partial charge on any atom is -0.364 e. The highest BCUT2D eigenvalue weighted by molar-refractivity contribution is 5.81. The summed E-state index contributed by atoms with van der Waals surface area (Å²) in [6, 6.07) is 0.358. The van der Waals surface area contributed by atoms with Crippen LogP contribution in [-0.2, 0) is 9.53 Å². The second-order valence-electron chi connectivity index (χ2n) is 5.63. The van der Waals surface area contributed by atoms with Crippen LogP contribution in [0.4, 0.5) is 0 Å². The summed E-state index contributed by atoms with van der Waals surface area (Å²) in [5.74, 6) is 0.728. The van der Waals surface area contributed by atoms with Crippen molar-refractivity contribution in [2.24, 2.45) is 11.7 Å². The number of rotatable bonds is 4. The molecule has 1 aliphatic heterocycles. The first kappa shape index (κ1) is 13.8. The topological polar surface area (TPSA) is 64.4 Å². The summed E-state index contributed by atoms with van der Waals surface area (Å²) in [7, 11) is 0. The van der Waals surface area contributed by atoms with Crippen LogP contribution in [0.2, 0.25) is 0 Å². The molecule has 4 unspecified atom stereocenters. The summed E-state index contributed by atoms with van der Waals surface area (Å²) in [6.07, 6.45) is 7.61. The minimum atomic E-state index is -0.266. The zero-order chi connectivity index (χ0) is 13.0. The average molecular weight is 254 g/mol. The standard InChI is InChI=1S/C14H26N2O2/c1-2-10-5-3-4-6-12(10)16-14(17)13-8-7-11(9-15)18-13/h10-13H,2-9,15H2,1H3,(H,16,17). The molecule has 0 radical (unpaired) electrons. The molecule has 2 rings (SSSR count). The van der Waals surface area contributed by atoms with Crippen molar-refractivity contribution in [1.82, 2.24) is 5.32 Å². The molecule has 1 heterocycles. The molecule has 0 spiro atoms. The number of carbonyl (C=O) groups excluding carboxylic acids is 1. The van der Waals surface area contributed by atoms with Gasteiger partial charge in [-0.25, -0.2) is 0 Å². The van der Waals surface area contributed by atoms with Gasteiger partial charge in [0.25, 0.3) is 0 Å². The van der Waals surface area contributed by atoms with Crippen LogP contribution in [0.3, 0.4) is 0 Å². The predicted molar refractivity (Wildman–Crippen MR) is 71.1 cm³/mol. The third-order valence-electron chi connectivity index (χ3n) is 4.42. The molecular formula is C14H26N2O2. The van der Waals surface area contributed by atoms with Crippen molar-refractivity contribution < 1.29 is 9.53 Å². The number of hydrogen-bond donors (Lipinski definition) is 2. The van der Waals surface area contributed by atoms with Gasteiger partial charge in [-0.3, -0.25) is 4.79 Å². The van der Waals surface area contributed by atoms with Crippen LogP contribution in [0.15, 0.2) is 0 Å². The lowest BCUT2D eigenvalue weighted by molar-refractivity contribution is -0.133. The van der Waals surface area contributed by atoms with E-state index in [0.717, 1.165) is 25.7 Å². The minimum absolute atomic E-state index is 0.0778. The van der Waals surface area contributed by atoms with E-state index in [4.69, 9.17) is 10.5 Å². The average Bonchev–Trinajstić information content (AvgIpc) is 2.88. The molecule has 3 N–H and O–H groups in total. The molecular weight excluding hydrogens is 228 g/mol. The van der Waals surface area contributed by atoms with Gasteiger partial charge in [-0.1, -0.05) is 26.2 Å². The van der Waals surface area contributed by atoms with E-state index < -0.39 is 0 Å². The molecule has 2 aliphatic rings. The van der Waals surface area contributed by atoms with Crippen LogP contribution in [0.25, 0.3) is 0 Å². The Morgan fingerprint density at radius 1 is 1.28 bits per heavy atom. The largest absolute Gasteiger partial charge is 0.364 e. The first-order valence-corrected chi connectivity index (χ1v) is 7.40. The Bertz CT molecular complexity index is 283. The number of carbonyl (C=O) groups is 1. The molecule has 1 saturated carbocycles. The van der Waals surface area contributed by atoms with Crippen molar-refractivity contribution in [1.29, 1.82) is 0 Å². The zero-order valence-corrected chi connectivity index (χ0v) is 11.4. The van der Waals surface area contributed by atoms with Gasteiger partial charge in [0.05, 0.1) is 6.10 Å². The summed E-state index contributed by atoms with van der Waals surface area (Å²) in [4.78, 5) is 12.2. The summed E-state index contributed by atoms with van der Waals surface area (Å²) in [5, 5.41) is 3.20. The number of nitrogens with two attached hydrogens (primary N) is 1. The monoisotopic (exact) mass is 254 g/mol. The van der Waals surface area contributed by atoms with Gasteiger partial charge >= 0.3 is 0 Å². The van der Waals surface area contributed by atoms with Gasteiger partial charge in [0.15, 0.2) is 0 Å². The second kappa shape index (κ2) is 6.53. The fraction of sp³-hybridized carbons (Fsp3) is 0.929. The summed E-state index contributed by atoms with van der Waals surface area (Å²) >= 11 is 0. The predicted octanol–water partition coefficient (Wildman–Crippen LogP) is 1.58. The lowest BCUT2D eigenvalue weighted by Gasteiger charge is -2.32. The van der Waals surface area contributed by atoms with Gasteiger partial charge in [-0.05, 0) is 31.6 Å². The lowest BCUT2D eigenvalue weighted by Crippen LogP contribution is -2.46. The molecule has 4 heteroatoms. The lowest BCUT2D eigenvalue weighted by atomic mass is 9.83. The maximum Gasteiger partial charge on any atom is 0.249 e. The quantitative estimate of drug-likeness (QED) is 0.800. The van der Waals surface area contributed by atoms with Gasteiger partial charge in [-0.2, -0.15) is 0 Å². The van der Waals surface area contributed by atoms with E-state index >= 15 is 0 Å². The highest BCUT2D eigenvalue weighted by Crippen LogP contribution is 2.27. The fourth-order valence-electron chi connectivity index (χ4n) is 3.23. The molecule has 0 aromatic carbocycles. The van der Waals surface area contributed by atoms with Crippen LogP contribution < -0.4 is 11.1 Å². The molecule has 4 atom stereocenters.